The van der Waals surface area contributed by atoms with Gasteiger partial charge in [0, 0.05) is 18.5 Å². The molecule has 0 spiro atoms. The summed E-state index contributed by atoms with van der Waals surface area (Å²) in [7, 11) is 0. The Morgan fingerprint density at radius 1 is 1.25 bits per heavy atom. The number of aliphatic imine (C=N–C) groups is 1. The van der Waals surface area contributed by atoms with Gasteiger partial charge < -0.3 is 15.1 Å². The molecule has 0 saturated heterocycles. The van der Waals surface area contributed by atoms with Gasteiger partial charge in [0.25, 0.3) is 0 Å². The molecule has 0 radical (unpaired) electrons. The minimum Gasteiger partial charge on any atom is -0.443 e. The number of hydrogen-bond acceptors (Lipinski definition) is 4. The maximum atomic E-state index is 14.2. The minimum absolute atomic E-state index is 0.132. The fourth-order valence-corrected chi connectivity index (χ4v) is 3.89. The summed E-state index contributed by atoms with van der Waals surface area (Å²) < 4.78 is 19.7. The third-order valence-corrected chi connectivity index (χ3v) is 5.78. The number of aromatic nitrogens is 1. The number of hydrogen-bond donors (Lipinski definition) is 2. The van der Waals surface area contributed by atoms with Crippen molar-refractivity contribution in [1.82, 2.24) is 15.6 Å². The van der Waals surface area contributed by atoms with Gasteiger partial charge in [0.05, 0.1) is 11.4 Å². The van der Waals surface area contributed by atoms with Crippen LogP contribution >= 0.6 is 11.3 Å². The molecule has 1 aromatic carbocycles. The minimum atomic E-state index is -0.137. The lowest BCUT2D eigenvalue weighted by atomic mass is 9.95. The zero-order valence-electron chi connectivity index (χ0n) is 15.7. The highest BCUT2D eigenvalue weighted by molar-refractivity contribution is 7.13. The second-order valence-electron chi connectivity index (χ2n) is 6.93. The summed E-state index contributed by atoms with van der Waals surface area (Å²) in [5.41, 5.74) is 1.42. The van der Waals surface area contributed by atoms with Crippen LogP contribution in [0.2, 0.25) is 0 Å². The highest BCUT2D eigenvalue weighted by Gasteiger charge is 2.45. The average Bonchev–Trinajstić information content (AvgIpc) is 3.10. The number of nitrogens with one attached hydrogen (secondary N) is 2. The van der Waals surface area contributed by atoms with Crippen LogP contribution in [0.4, 0.5) is 4.39 Å². The van der Waals surface area contributed by atoms with E-state index in [4.69, 9.17) is 4.42 Å². The standard InChI is InChI=1S/C21H23FN4OS/c1-2-23-20(24-12-15-13-27-19(26-15)18-8-5-11-28-18)25-14-21(9-10-21)16-6-3-4-7-17(16)22/h3-8,11,13H,2,9-10,12,14H2,1H3,(H2,23,24,25). The molecule has 1 fully saturated rings. The van der Waals surface area contributed by atoms with Gasteiger partial charge in [-0.3, -0.25) is 0 Å². The summed E-state index contributed by atoms with van der Waals surface area (Å²) in [6.07, 6.45) is 3.60. The van der Waals surface area contributed by atoms with E-state index in [-0.39, 0.29) is 11.2 Å². The van der Waals surface area contributed by atoms with E-state index in [1.54, 1.807) is 23.7 Å². The van der Waals surface area contributed by atoms with E-state index in [9.17, 15) is 4.39 Å². The molecular weight excluding hydrogens is 375 g/mol. The van der Waals surface area contributed by atoms with Crippen LogP contribution in [-0.4, -0.2) is 24.0 Å². The van der Waals surface area contributed by atoms with E-state index < -0.39 is 0 Å². The van der Waals surface area contributed by atoms with Crippen molar-refractivity contribution in [1.29, 1.82) is 0 Å². The second-order valence-corrected chi connectivity index (χ2v) is 7.88. The van der Waals surface area contributed by atoms with Gasteiger partial charge in [-0.15, -0.1) is 11.3 Å². The Hall–Kier alpha value is -2.67. The van der Waals surface area contributed by atoms with Crippen molar-refractivity contribution in [3.63, 3.8) is 0 Å². The first-order valence-corrected chi connectivity index (χ1v) is 10.3. The Bertz CT molecular complexity index is 947. The predicted octanol–water partition coefficient (Wildman–Crippen LogP) is 4.33. The van der Waals surface area contributed by atoms with Crippen molar-refractivity contribution < 1.29 is 8.81 Å². The Kier molecular flexibility index (Phi) is 5.43. The molecule has 1 aliphatic rings. The number of guanidine groups is 1. The lowest BCUT2D eigenvalue weighted by Gasteiger charge is -2.19. The Balaban J connectivity index is 1.41. The lowest BCUT2D eigenvalue weighted by molar-refractivity contribution is 0.559. The van der Waals surface area contributed by atoms with Crippen molar-refractivity contribution in [2.75, 3.05) is 13.1 Å². The number of oxazole rings is 1. The van der Waals surface area contributed by atoms with Gasteiger partial charge in [0.15, 0.2) is 5.96 Å². The zero-order chi connectivity index (χ0) is 19.4. The number of thiophene rings is 1. The van der Waals surface area contributed by atoms with Gasteiger partial charge >= 0.3 is 0 Å². The van der Waals surface area contributed by atoms with Crippen molar-refractivity contribution in [3.05, 3.63) is 65.1 Å². The fraction of sp³-hybridized carbons (Fsp3) is 0.333. The van der Waals surface area contributed by atoms with Gasteiger partial charge in [-0.1, -0.05) is 24.3 Å². The SMILES string of the molecule is CCNC(=NCc1coc(-c2cccs2)n1)NCC1(c2ccccc2F)CC1. The van der Waals surface area contributed by atoms with Crippen molar-refractivity contribution in [2.45, 2.75) is 31.7 Å². The Morgan fingerprint density at radius 3 is 2.82 bits per heavy atom. The molecule has 3 aromatic rings. The van der Waals surface area contributed by atoms with Gasteiger partial charge in [0.2, 0.25) is 5.89 Å². The van der Waals surface area contributed by atoms with E-state index in [1.165, 1.54) is 6.07 Å². The van der Waals surface area contributed by atoms with Crippen LogP contribution in [0, 0.1) is 5.82 Å². The Morgan fingerprint density at radius 2 is 2.11 bits per heavy atom. The third kappa shape index (κ3) is 4.09. The molecule has 1 saturated carbocycles. The van der Waals surface area contributed by atoms with E-state index in [0.29, 0.717) is 24.9 Å². The molecule has 28 heavy (non-hydrogen) atoms. The fourth-order valence-electron chi connectivity index (χ4n) is 3.23. The van der Waals surface area contributed by atoms with Gasteiger partial charge in [0.1, 0.15) is 17.8 Å². The molecule has 0 aliphatic heterocycles. The van der Waals surface area contributed by atoms with Crippen LogP contribution in [0.1, 0.15) is 31.0 Å². The van der Waals surface area contributed by atoms with Crippen molar-refractivity contribution in [3.8, 4) is 10.8 Å². The zero-order valence-corrected chi connectivity index (χ0v) is 16.6. The molecule has 4 rings (SSSR count). The van der Waals surface area contributed by atoms with Crippen LogP contribution < -0.4 is 10.6 Å². The molecule has 5 nitrogen and oxygen atoms in total. The van der Waals surface area contributed by atoms with E-state index in [0.717, 1.165) is 35.5 Å². The van der Waals surface area contributed by atoms with E-state index >= 15 is 0 Å². The van der Waals surface area contributed by atoms with Crippen LogP contribution in [0.3, 0.4) is 0 Å². The molecule has 0 unspecified atom stereocenters. The summed E-state index contributed by atoms with van der Waals surface area (Å²) in [5.74, 6) is 1.19. The summed E-state index contributed by atoms with van der Waals surface area (Å²) in [5, 5.41) is 8.61. The highest BCUT2D eigenvalue weighted by atomic mass is 32.1. The molecule has 2 N–H and O–H groups in total. The van der Waals surface area contributed by atoms with Gasteiger partial charge in [-0.25, -0.2) is 14.4 Å². The summed E-state index contributed by atoms with van der Waals surface area (Å²) in [6.45, 7) is 3.83. The van der Waals surface area contributed by atoms with E-state index in [1.807, 2.05) is 36.6 Å². The highest BCUT2D eigenvalue weighted by Crippen LogP contribution is 2.48. The molecule has 0 atom stereocenters. The predicted molar refractivity (Wildman–Crippen MR) is 110 cm³/mol. The maximum Gasteiger partial charge on any atom is 0.236 e. The summed E-state index contributed by atoms with van der Waals surface area (Å²) in [6, 6.07) is 11.0. The van der Waals surface area contributed by atoms with Crippen LogP contribution in [-0.2, 0) is 12.0 Å². The quantitative estimate of drug-likeness (QED) is 0.459. The molecule has 0 amide bonds. The van der Waals surface area contributed by atoms with Gasteiger partial charge in [-0.05, 0) is 42.8 Å². The topological polar surface area (TPSA) is 62.5 Å². The average molecular weight is 399 g/mol. The summed E-state index contributed by atoms with van der Waals surface area (Å²) >= 11 is 1.59. The molecule has 2 heterocycles. The lowest BCUT2D eigenvalue weighted by Crippen LogP contribution is -2.41. The van der Waals surface area contributed by atoms with Crippen LogP contribution in [0.5, 0.6) is 0 Å². The number of rotatable bonds is 7. The maximum absolute atomic E-state index is 14.2. The van der Waals surface area contributed by atoms with Gasteiger partial charge in [-0.2, -0.15) is 0 Å². The van der Waals surface area contributed by atoms with Crippen LogP contribution in [0.25, 0.3) is 10.8 Å². The Labute approximate surface area is 167 Å². The van der Waals surface area contributed by atoms with Crippen molar-refractivity contribution in [2.24, 2.45) is 4.99 Å². The number of halogens is 1. The molecule has 2 aromatic heterocycles. The monoisotopic (exact) mass is 398 g/mol. The van der Waals surface area contributed by atoms with E-state index in [2.05, 4.69) is 20.6 Å². The summed E-state index contributed by atoms with van der Waals surface area (Å²) in [4.78, 5) is 10.1. The number of nitrogens with zero attached hydrogens (tertiary/aromatic N) is 2. The second kappa shape index (κ2) is 8.14. The first-order valence-electron chi connectivity index (χ1n) is 9.46. The van der Waals surface area contributed by atoms with Crippen molar-refractivity contribution >= 4 is 17.3 Å². The molecule has 1 aliphatic carbocycles. The molecular formula is C21H23FN4OS. The smallest absolute Gasteiger partial charge is 0.236 e. The number of benzene rings is 1. The first kappa shape index (κ1) is 18.7. The third-order valence-electron chi connectivity index (χ3n) is 4.92. The largest absolute Gasteiger partial charge is 0.443 e. The molecule has 7 heteroatoms. The molecule has 0 bridgehead atoms. The molecule has 146 valence electrons. The normalized spacial score (nSPS) is 15.4. The van der Waals surface area contributed by atoms with Crippen LogP contribution in [0.15, 0.2) is 57.5 Å². The first-order chi connectivity index (χ1) is 13.7.